The molecule has 0 spiro atoms. The van der Waals surface area contributed by atoms with Crippen LogP contribution >= 0.6 is 0 Å². The van der Waals surface area contributed by atoms with Crippen LogP contribution in [0.25, 0.3) is 0 Å². The van der Waals surface area contributed by atoms with Gasteiger partial charge in [0, 0.05) is 52.4 Å². The minimum atomic E-state index is 0.709. The van der Waals surface area contributed by atoms with Crippen LogP contribution in [-0.4, -0.2) is 84.3 Å². The van der Waals surface area contributed by atoms with Gasteiger partial charge < -0.3 is 0 Å². The van der Waals surface area contributed by atoms with E-state index in [4.69, 9.17) is 0 Å². The predicted molar refractivity (Wildman–Crippen MR) is 67.7 cm³/mol. The Labute approximate surface area is 104 Å². The molecule has 4 fully saturated rings. The maximum atomic E-state index is 2.77. The smallest absolute Gasteiger partial charge is 0.0921 e. The van der Waals surface area contributed by atoms with Gasteiger partial charge in [-0.25, -0.2) is 0 Å². The fourth-order valence-corrected chi connectivity index (χ4v) is 4.41. The zero-order chi connectivity index (χ0) is 11.2. The molecule has 4 heteroatoms. The molecule has 0 aromatic rings. The van der Waals surface area contributed by atoms with Crippen molar-refractivity contribution >= 4 is 0 Å². The summed E-state index contributed by atoms with van der Waals surface area (Å²) in [6.45, 7) is 10.6. The van der Waals surface area contributed by atoms with Crippen LogP contribution in [0.3, 0.4) is 0 Å². The van der Waals surface area contributed by atoms with Gasteiger partial charge in [0.2, 0.25) is 0 Å². The van der Waals surface area contributed by atoms with Gasteiger partial charge in [-0.1, -0.05) is 0 Å². The van der Waals surface area contributed by atoms with Gasteiger partial charge in [-0.3, -0.25) is 19.6 Å². The molecule has 4 nitrogen and oxygen atoms in total. The highest BCUT2D eigenvalue weighted by atomic mass is 15.5. The van der Waals surface area contributed by atoms with Crippen LogP contribution in [0.1, 0.15) is 19.3 Å². The molecule has 0 aromatic heterocycles. The van der Waals surface area contributed by atoms with E-state index < -0.39 is 0 Å². The third-order valence-electron chi connectivity index (χ3n) is 5.11. The van der Waals surface area contributed by atoms with Crippen molar-refractivity contribution in [1.29, 1.82) is 0 Å². The second-order valence-electron chi connectivity index (χ2n) is 6.03. The molecule has 4 heterocycles. The Kier molecular flexibility index (Phi) is 2.65. The lowest BCUT2D eigenvalue weighted by atomic mass is 10.1. The molecule has 0 aromatic carbocycles. The van der Waals surface area contributed by atoms with Crippen LogP contribution in [0.5, 0.6) is 0 Å². The Bertz CT molecular complexity index is 267. The summed E-state index contributed by atoms with van der Waals surface area (Å²) >= 11 is 0. The van der Waals surface area contributed by atoms with Crippen molar-refractivity contribution in [3.63, 3.8) is 0 Å². The van der Waals surface area contributed by atoms with Crippen molar-refractivity contribution in [2.24, 2.45) is 0 Å². The average Bonchev–Trinajstić information content (AvgIpc) is 2.57. The quantitative estimate of drug-likeness (QED) is 0.590. The number of hydrogen-bond donors (Lipinski definition) is 0. The zero-order valence-electron chi connectivity index (χ0n) is 10.7. The largest absolute Gasteiger partial charge is 0.285 e. The van der Waals surface area contributed by atoms with Crippen LogP contribution in [0.4, 0.5) is 0 Å². The van der Waals surface area contributed by atoms with Gasteiger partial charge in [0.1, 0.15) is 0 Å². The van der Waals surface area contributed by atoms with E-state index >= 15 is 0 Å². The van der Waals surface area contributed by atoms with Crippen molar-refractivity contribution in [1.82, 2.24) is 19.6 Å². The molecule has 96 valence electrons. The summed E-state index contributed by atoms with van der Waals surface area (Å²) in [7, 11) is 0. The molecule has 0 N–H and O–H groups in total. The van der Waals surface area contributed by atoms with E-state index in [0.717, 1.165) is 0 Å². The Morgan fingerprint density at radius 2 is 0.706 bits per heavy atom. The summed E-state index contributed by atoms with van der Waals surface area (Å²) in [6.07, 6.45) is 5.54. The predicted octanol–water partition coefficient (Wildman–Crippen LogP) is 0.0713. The highest BCUT2D eigenvalue weighted by molar-refractivity contribution is 4.97. The van der Waals surface area contributed by atoms with E-state index in [1.165, 1.54) is 71.6 Å². The van der Waals surface area contributed by atoms with Gasteiger partial charge in [-0.05, 0) is 19.3 Å². The van der Waals surface area contributed by atoms with Gasteiger partial charge in [-0.15, -0.1) is 0 Å². The van der Waals surface area contributed by atoms with Gasteiger partial charge in [0.25, 0.3) is 0 Å². The number of nitrogens with zero attached hydrogens (tertiary/aromatic N) is 4. The van der Waals surface area contributed by atoms with Crippen molar-refractivity contribution in [3.8, 4) is 0 Å². The van der Waals surface area contributed by atoms with E-state index in [0.29, 0.717) is 12.3 Å². The van der Waals surface area contributed by atoms with Crippen LogP contribution in [0.15, 0.2) is 0 Å². The molecule has 0 saturated carbocycles. The van der Waals surface area contributed by atoms with Gasteiger partial charge >= 0.3 is 0 Å². The van der Waals surface area contributed by atoms with E-state index in [2.05, 4.69) is 19.6 Å². The van der Waals surface area contributed by atoms with E-state index in [-0.39, 0.29) is 0 Å². The first-order chi connectivity index (χ1) is 8.43. The second-order valence-corrected chi connectivity index (χ2v) is 6.03. The maximum Gasteiger partial charge on any atom is 0.0921 e. The fraction of sp³-hybridized carbons (Fsp3) is 1.00. The lowest BCUT2D eigenvalue weighted by Crippen LogP contribution is -2.72. The minimum Gasteiger partial charge on any atom is -0.285 e. The third-order valence-corrected chi connectivity index (χ3v) is 5.11. The number of hydrogen-bond acceptors (Lipinski definition) is 4. The van der Waals surface area contributed by atoms with E-state index in [1.807, 2.05) is 0 Å². The van der Waals surface area contributed by atoms with Crippen molar-refractivity contribution in [2.75, 3.05) is 52.4 Å². The topological polar surface area (TPSA) is 13.0 Å². The summed E-state index contributed by atoms with van der Waals surface area (Å²) < 4.78 is 0. The fourth-order valence-electron chi connectivity index (χ4n) is 4.41. The van der Waals surface area contributed by atoms with Gasteiger partial charge in [-0.2, -0.15) is 0 Å². The molecule has 0 bridgehead atoms. The summed E-state index contributed by atoms with van der Waals surface area (Å²) in [5, 5.41) is 0. The summed E-state index contributed by atoms with van der Waals surface area (Å²) in [5.41, 5.74) is 0. The highest BCUT2D eigenvalue weighted by Crippen LogP contribution is 2.31. The zero-order valence-corrected chi connectivity index (χ0v) is 10.7. The van der Waals surface area contributed by atoms with Gasteiger partial charge in [0.05, 0.1) is 12.3 Å². The van der Waals surface area contributed by atoms with Crippen LogP contribution in [-0.2, 0) is 0 Å². The van der Waals surface area contributed by atoms with Crippen LogP contribution in [0.2, 0.25) is 0 Å². The van der Waals surface area contributed by atoms with Crippen LogP contribution < -0.4 is 0 Å². The first-order valence-corrected chi connectivity index (χ1v) is 7.40. The SMILES string of the molecule is C1CN2CCCN3CCN4CCCN(C1)C4C23. The van der Waals surface area contributed by atoms with Crippen molar-refractivity contribution in [3.05, 3.63) is 0 Å². The lowest BCUT2D eigenvalue weighted by molar-refractivity contribution is -0.140. The Morgan fingerprint density at radius 3 is 1.06 bits per heavy atom. The normalized spacial score (nSPS) is 40.9. The molecule has 4 rings (SSSR count). The standard InChI is InChI=1S/C13H24N4/c1-4-14-6-2-8-16-10-11-17-9-3-7-15(5-1)13(17)12(14)16/h12-13H,1-11H2. The van der Waals surface area contributed by atoms with Crippen molar-refractivity contribution < 1.29 is 0 Å². The third kappa shape index (κ3) is 1.65. The highest BCUT2D eigenvalue weighted by Gasteiger charge is 2.46. The Morgan fingerprint density at radius 1 is 0.412 bits per heavy atom. The summed E-state index contributed by atoms with van der Waals surface area (Å²) in [5.74, 6) is 0. The second kappa shape index (κ2) is 4.19. The average molecular weight is 236 g/mol. The molecule has 2 unspecified atom stereocenters. The molecule has 4 saturated heterocycles. The molecular weight excluding hydrogens is 212 g/mol. The summed E-state index contributed by atoms with van der Waals surface area (Å²) in [4.78, 5) is 11.1. The molecule has 2 atom stereocenters. The molecule has 4 aliphatic heterocycles. The number of piperazine rings is 1. The van der Waals surface area contributed by atoms with E-state index in [9.17, 15) is 0 Å². The Hall–Kier alpha value is -0.160. The molecule has 0 radical (unpaired) electrons. The number of rotatable bonds is 0. The van der Waals surface area contributed by atoms with Crippen molar-refractivity contribution in [2.45, 2.75) is 31.6 Å². The van der Waals surface area contributed by atoms with E-state index in [1.54, 1.807) is 0 Å². The maximum absolute atomic E-state index is 2.77. The lowest BCUT2D eigenvalue weighted by Gasteiger charge is -2.57. The Balaban J connectivity index is 1.68. The van der Waals surface area contributed by atoms with Crippen LogP contribution in [0, 0.1) is 0 Å². The monoisotopic (exact) mass is 236 g/mol. The van der Waals surface area contributed by atoms with Gasteiger partial charge in [0.15, 0.2) is 0 Å². The summed E-state index contributed by atoms with van der Waals surface area (Å²) in [6, 6.07) is 0. The molecule has 0 amide bonds. The molecule has 17 heavy (non-hydrogen) atoms. The molecular formula is C13H24N4. The molecule has 4 aliphatic rings. The minimum absolute atomic E-state index is 0.709. The first kappa shape index (κ1) is 10.7. The molecule has 0 aliphatic carbocycles. The first-order valence-electron chi connectivity index (χ1n) is 7.40.